The Bertz CT molecular complexity index is 1640. The van der Waals surface area contributed by atoms with Crippen molar-refractivity contribution >= 4 is 11.9 Å². The Morgan fingerprint density at radius 2 is 1.16 bits per heavy atom. The predicted molar refractivity (Wildman–Crippen MR) is 172 cm³/mol. The van der Waals surface area contributed by atoms with Crippen LogP contribution < -0.4 is 0 Å². The summed E-state index contributed by atoms with van der Waals surface area (Å²) < 4.78 is 19.0. The van der Waals surface area contributed by atoms with Crippen molar-refractivity contribution in [1.82, 2.24) is 0 Å². The van der Waals surface area contributed by atoms with Gasteiger partial charge in [-0.1, -0.05) is 133 Å². The number of esters is 2. The SMILES string of the molecule is O=C1C[C@@H]2[C@H](COC(c3ccccc3)(c3ccccc3)c3ccccc3)[C@@H](OC(=O)c3ccc(-c4ccccc4)cc3)C[C@@H]2O1. The van der Waals surface area contributed by atoms with Gasteiger partial charge in [-0.3, -0.25) is 4.79 Å². The molecular formula is C40H34O5. The summed E-state index contributed by atoms with van der Waals surface area (Å²) in [7, 11) is 0. The first kappa shape index (κ1) is 28.8. The molecule has 0 N–H and O–H groups in total. The van der Waals surface area contributed by atoms with Crippen LogP contribution in [0.3, 0.4) is 0 Å². The largest absolute Gasteiger partial charge is 0.462 e. The number of hydrogen-bond acceptors (Lipinski definition) is 5. The lowest BCUT2D eigenvalue weighted by molar-refractivity contribution is -0.141. The van der Waals surface area contributed by atoms with Gasteiger partial charge in [-0.2, -0.15) is 0 Å². The lowest BCUT2D eigenvalue weighted by Gasteiger charge is -2.38. The fourth-order valence-corrected chi connectivity index (χ4v) is 6.95. The molecule has 45 heavy (non-hydrogen) atoms. The molecule has 5 aromatic rings. The van der Waals surface area contributed by atoms with E-state index in [0.717, 1.165) is 27.8 Å². The van der Waals surface area contributed by atoms with Gasteiger partial charge in [0, 0.05) is 18.3 Å². The first-order valence-electron chi connectivity index (χ1n) is 15.5. The predicted octanol–water partition coefficient (Wildman–Crippen LogP) is 7.84. The molecule has 1 aliphatic carbocycles. The van der Waals surface area contributed by atoms with Crippen molar-refractivity contribution in [2.24, 2.45) is 11.8 Å². The summed E-state index contributed by atoms with van der Waals surface area (Å²) in [6.45, 7) is 0.265. The maximum absolute atomic E-state index is 13.5. The van der Waals surface area contributed by atoms with Crippen LogP contribution in [0, 0.1) is 11.8 Å². The molecule has 2 aliphatic rings. The molecule has 5 heteroatoms. The summed E-state index contributed by atoms with van der Waals surface area (Å²) in [6.07, 6.45) is -0.0285. The zero-order valence-corrected chi connectivity index (χ0v) is 24.8. The average Bonchev–Trinajstić information content (AvgIpc) is 3.62. The molecule has 0 radical (unpaired) electrons. The second-order valence-electron chi connectivity index (χ2n) is 11.8. The third kappa shape index (κ3) is 5.67. The first-order valence-corrected chi connectivity index (χ1v) is 15.5. The monoisotopic (exact) mass is 594 g/mol. The number of hydrogen-bond donors (Lipinski definition) is 0. The topological polar surface area (TPSA) is 61.8 Å². The van der Waals surface area contributed by atoms with E-state index in [9.17, 15) is 9.59 Å². The molecule has 224 valence electrons. The van der Waals surface area contributed by atoms with Crippen LogP contribution in [0.4, 0.5) is 0 Å². The zero-order valence-electron chi connectivity index (χ0n) is 24.8. The van der Waals surface area contributed by atoms with Crippen LogP contribution in [0.2, 0.25) is 0 Å². The van der Waals surface area contributed by atoms with Crippen molar-refractivity contribution in [2.45, 2.75) is 30.7 Å². The van der Waals surface area contributed by atoms with E-state index < -0.39 is 17.7 Å². The van der Waals surface area contributed by atoms with Crippen molar-refractivity contribution in [3.05, 3.63) is 168 Å². The second kappa shape index (κ2) is 12.5. The van der Waals surface area contributed by atoms with E-state index >= 15 is 0 Å². The normalized spacial score (nSPS) is 20.8. The minimum Gasteiger partial charge on any atom is -0.462 e. The molecule has 4 atom stereocenters. The van der Waals surface area contributed by atoms with Gasteiger partial charge in [0.25, 0.3) is 0 Å². The van der Waals surface area contributed by atoms with Gasteiger partial charge in [0.2, 0.25) is 0 Å². The summed E-state index contributed by atoms with van der Waals surface area (Å²) in [6, 6.07) is 48.1. The van der Waals surface area contributed by atoms with Crippen LogP contribution in [0.15, 0.2) is 146 Å². The lowest BCUT2D eigenvalue weighted by atomic mass is 9.79. The van der Waals surface area contributed by atoms with Crippen LogP contribution in [0.1, 0.15) is 39.9 Å². The van der Waals surface area contributed by atoms with Crippen LogP contribution in [-0.2, 0) is 24.6 Å². The van der Waals surface area contributed by atoms with Gasteiger partial charge in [0.05, 0.1) is 18.6 Å². The molecule has 2 fully saturated rings. The Balaban J connectivity index is 1.19. The van der Waals surface area contributed by atoms with E-state index in [-0.39, 0.29) is 36.9 Å². The Morgan fingerprint density at radius 1 is 0.667 bits per heavy atom. The van der Waals surface area contributed by atoms with E-state index in [1.807, 2.05) is 97.1 Å². The third-order valence-corrected chi connectivity index (χ3v) is 9.17. The van der Waals surface area contributed by atoms with E-state index in [2.05, 4.69) is 36.4 Å². The maximum atomic E-state index is 13.5. The quantitative estimate of drug-likeness (QED) is 0.129. The zero-order chi connectivity index (χ0) is 30.6. The van der Waals surface area contributed by atoms with Gasteiger partial charge in [0.1, 0.15) is 17.8 Å². The molecule has 1 heterocycles. The Hall–Kier alpha value is -5.00. The molecule has 0 amide bonds. The Labute approximate surface area is 263 Å². The smallest absolute Gasteiger partial charge is 0.338 e. The molecular weight excluding hydrogens is 560 g/mol. The van der Waals surface area contributed by atoms with E-state index in [1.165, 1.54) is 0 Å². The number of benzene rings is 5. The van der Waals surface area contributed by atoms with Crippen molar-refractivity contribution in [3.63, 3.8) is 0 Å². The molecule has 1 aliphatic heterocycles. The van der Waals surface area contributed by atoms with Crippen LogP contribution in [0.5, 0.6) is 0 Å². The number of fused-ring (bicyclic) bond motifs is 1. The van der Waals surface area contributed by atoms with Crippen LogP contribution in [-0.4, -0.2) is 30.8 Å². The average molecular weight is 595 g/mol. The fraction of sp³-hybridized carbons (Fsp3) is 0.200. The Kier molecular flexibility index (Phi) is 8.02. The number of carbonyl (C=O) groups is 2. The highest BCUT2D eigenvalue weighted by Crippen LogP contribution is 2.46. The summed E-state index contributed by atoms with van der Waals surface area (Å²) in [5.74, 6) is -0.937. The standard InChI is InChI=1S/C40H34O5/c41-38-25-34-35(37(26-36(34)44-38)45-39(42)30-23-21-29(22-24-30)28-13-5-1-6-14-28)27-43-40(31-15-7-2-8-16-31,32-17-9-3-10-18-32)33-19-11-4-12-20-33/h1-24,34-37H,25-27H2/t34-,35+,36+,37+/m1/s1. The van der Waals surface area contributed by atoms with Gasteiger partial charge in [-0.15, -0.1) is 0 Å². The molecule has 5 aromatic carbocycles. The summed E-state index contributed by atoms with van der Waals surface area (Å²) >= 11 is 0. The minimum atomic E-state index is -0.923. The minimum absolute atomic E-state index is 0.101. The van der Waals surface area contributed by atoms with Crippen LogP contribution >= 0.6 is 0 Å². The van der Waals surface area contributed by atoms with Gasteiger partial charge in [-0.25, -0.2) is 4.79 Å². The van der Waals surface area contributed by atoms with E-state index in [4.69, 9.17) is 14.2 Å². The highest BCUT2D eigenvalue weighted by molar-refractivity contribution is 5.90. The van der Waals surface area contributed by atoms with Crippen molar-refractivity contribution in [3.8, 4) is 11.1 Å². The summed E-state index contributed by atoms with van der Waals surface area (Å²) in [4.78, 5) is 25.9. The van der Waals surface area contributed by atoms with Gasteiger partial charge in [-0.05, 0) is 39.9 Å². The highest BCUT2D eigenvalue weighted by Gasteiger charge is 2.53. The van der Waals surface area contributed by atoms with Crippen molar-refractivity contribution < 1.29 is 23.8 Å². The number of rotatable bonds is 9. The Morgan fingerprint density at radius 3 is 1.69 bits per heavy atom. The maximum Gasteiger partial charge on any atom is 0.338 e. The first-order chi connectivity index (χ1) is 22.1. The van der Waals surface area contributed by atoms with Gasteiger partial charge < -0.3 is 14.2 Å². The van der Waals surface area contributed by atoms with Gasteiger partial charge in [0.15, 0.2) is 0 Å². The summed E-state index contributed by atoms with van der Waals surface area (Å²) in [5.41, 5.74) is 4.63. The molecule has 5 nitrogen and oxygen atoms in total. The third-order valence-electron chi connectivity index (χ3n) is 9.17. The van der Waals surface area contributed by atoms with Crippen molar-refractivity contribution in [2.75, 3.05) is 6.61 Å². The highest BCUT2D eigenvalue weighted by atomic mass is 16.6. The molecule has 0 unspecified atom stereocenters. The van der Waals surface area contributed by atoms with Gasteiger partial charge >= 0.3 is 11.9 Å². The molecule has 0 spiro atoms. The molecule has 7 rings (SSSR count). The van der Waals surface area contributed by atoms with Crippen LogP contribution in [0.25, 0.3) is 11.1 Å². The number of ether oxygens (including phenoxy) is 3. The summed E-state index contributed by atoms with van der Waals surface area (Å²) in [5, 5.41) is 0. The van der Waals surface area contributed by atoms with Crippen molar-refractivity contribution in [1.29, 1.82) is 0 Å². The second-order valence-corrected chi connectivity index (χ2v) is 11.8. The number of carbonyl (C=O) groups excluding carboxylic acids is 2. The molecule has 1 saturated heterocycles. The van der Waals surface area contributed by atoms with E-state index in [0.29, 0.717) is 12.0 Å². The molecule has 0 bridgehead atoms. The molecule has 0 aromatic heterocycles. The fourth-order valence-electron chi connectivity index (χ4n) is 6.95. The molecule has 1 saturated carbocycles. The lowest BCUT2D eigenvalue weighted by Crippen LogP contribution is -2.38. The van der Waals surface area contributed by atoms with E-state index in [1.54, 1.807) is 12.1 Å².